The number of Topliss-reactive ketones (excluding diaryl/α,β-unsaturated/α-hetero) is 1. The first-order chi connectivity index (χ1) is 23.0. The minimum Gasteiger partial charge on any atom is -0.434 e. The number of unbranched alkanes of at least 4 members (excludes halogenated alkanes) is 1. The Labute approximate surface area is 284 Å². The number of aromatic nitrogens is 1. The first kappa shape index (κ1) is 35.2. The molecule has 4 N–H and O–H groups in total. The minimum absolute atomic E-state index is 0.0128. The summed E-state index contributed by atoms with van der Waals surface area (Å²) >= 11 is 6.00. The van der Waals surface area contributed by atoms with E-state index < -0.39 is 52.4 Å². The van der Waals surface area contributed by atoms with E-state index in [-0.39, 0.29) is 36.8 Å². The highest BCUT2D eigenvalue weighted by Gasteiger charge is 2.41. The van der Waals surface area contributed by atoms with Crippen LogP contribution < -0.4 is 15.8 Å². The van der Waals surface area contributed by atoms with Crippen LogP contribution >= 0.6 is 11.6 Å². The summed E-state index contributed by atoms with van der Waals surface area (Å²) in [6, 6.07) is 18.2. The molecule has 2 amide bonds. The summed E-state index contributed by atoms with van der Waals surface area (Å²) in [5.41, 5.74) is 8.37. The fraction of sp³-hybridized carbons (Fsp3) is 0.353. The third-order valence-electron chi connectivity index (χ3n) is 8.11. The van der Waals surface area contributed by atoms with Crippen molar-refractivity contribution in [1.82, 2.24) is 19.9 Å². The van der Waals surface area contributed by atoms with Crippen LogP contribution in [0.25, 0.3) is 11.1 Å². The highest BCUT2D eigenvalue weighted by molar-refractivity contribution is 7.89. The zero-order valence-corrected chi connectivity index (χ0v) is 28.0. The van der Waals surface area contributed by atoms with E-state index in [1.165, 1.54) is 17.0 Å². The largest absolute Gasteiger partial charge is 0.434 e. The average molecular weight is 696 g/mol. The zero-order chi connectivity index (χ0) is 34.3. The molecule has 0 unspecified atom stereocenters. The SMILES string of the molecule is Cc1ccc(S(=O)(=O)NCC(=O)N2C[C@H](OCc3ccc(Cl)cc3)C[C@H]2C(=O)N[C@@H](CCCCN)C(=O)c2nc3ccccc3o2)cc1. The topological polar surface area (TPSA) is 174 Å². The highest BCUT2D eigenvalue weighted by Crippen LogP contribution is 2.24. The molecule has 4 aromatic rings. The van der Waals surface area contributed by atoms with Gasteiger partial charge in [0.05, 0.1) is 30.2 Å². The summed E-state index contributed by atoms with van der Waals surface area (Å²) in [7, 11) is -4.00. The standard InChI is InChI=1S/C34H38ClN5O7S/c1-22-9-15-26(16-10-22)48(44,45)37-19-31(41)40-20-25(46-21-23-11-13-24(35)14-12-23)18-29(40)33(43)38-28(7-4-5-17-36)32(42)34-39-27-6-2-3-8-30(27)47-34/h2-3,6,8-16,25,28-29,37H,4-5,7,17-21,36H2,1H3,(H,38,43)/t25-,28+,29+/m1/s1. The van der Waals surface area contributed by atoms with E-state index in [0.717, 1.165) is 11.1 Å². The predicted octanol–water partition coefficient (Wildman–Crippen LogP) is 3.75. The normalized spacial score (nSPS) is 17.0. The van der Waals surface area contributed by atoms with Gasteiger partial charge in [0.25, 0.3) is 5.89 Å². The number of rotatable bonds is 15. The maximum absolute atomic E-state index is 13.9. The third-order valence-corrected chi connectivity index (χ3v) is 9.78. The van der Waals surface area contributed by atoms with Gasteiger partial charge in [0.1, 0.15) is 11.6 Å². The van der Waals surface area contributed by atoms with Gasteiger partial charge in [0.2, 0.25) is 27.6 Å². The van der Waals surface area contributed by atoms with Crippen molar-refractivity contribution in [3.63, 3.8) is 0 Å². The molecule has 14 heteroatoms. The Bertz CT molecular complexity index is 1810. The van der Waals surface area contributed by atoms with Crippen LogP contribution in [0.2, 0.25) is 5.02 Å². The number of hydrogen-bond acceptors (Lipinski definition) is 9. The first-order valence-corrected chi connectivity index (χ1v) is 17.5. The van der Waals surface area contributed by atoms with Gasteiger partial charge in [-0.25, -0.2) is 18.1 Å². The lowest BCUT2D eigenvalue weighted by Crippen LogP contribution is -2.52. The van der Waals surface area contributed by atoms with Crippen LogP contribution in [0.1, 0.15) is 47.5 Å². The molecule has 12 nitrogen and oxygen atoms in total. The Morgan fingerprint density at radius 2 is 1.79 bits per heavy atom. The number of nitrogens with zero attached hydrogens (tertiary/aromatic N) is 2. The van der Waals surface area contributed by atoms with Crippen molar-refractivity contribution in [3.8, 4) is 0 Å². The van der Waals surface area contributed by atoms with Gasteiger partial charge >= 0.3 is 0 Å². The second kappa shape index (κ2) is 15.8. The Balaban J connectivity index is 1.33. The van der Waals surface area contributed by atoms with Gasteiger partial charge < -0.3 is 25.1 Å². The second-order valence-corrected chi connectivity index (χ2v) is 13.9. The third kappa shape index (κ3) is 8.85. The Hall–Kier alpha value is -4.14. The second-order valence-electron chi connectivity index (χ2n) is 11.7. The molecule has 48 heavy (non-hydrogen) atoms. The molecule has 2 heterocycles. The van der Waals surface area contributed by atoms with Gasteiger partial charge in [-0.2, -0.15) is 0 Å². The number of oxazole rings is 1. The van der Waals surface area contributed by atoms with Crippen LogP contribution in [0.5, 0.6) is 0 Å². The molecular formula is C34H38ClN5O7S. The number of carbonyl (C=O) groups is 3. The van der Waals surface area contributed by atoms with Crippen molar-refractivity contribution < 1.29 is 32.0 Å². The Morgan fingerprint density at radius 3 is 2.50 bits per heavy atom. The summed E-state index contributed by atoms with van der Waals surface area (Å²) in [4.78, 5) is 46.6. The fourth-order valence-corrected chi connectivity index (χ4v) is 6.55. The first-order valence-electron chi connectivity index (χ1n) is 15.7. The van der Waals surface area contributed by atoms with Crippen molar-refractivity contribution in [2.24, 2.45) is 5.73 Å². The van der Waals surface area contributed by atoms with Gasteiger partial charge in [0.15, 0.2) is 5.58 Å². The number of likely N-dealkylation sites (tertiary alicyclic amines) is 1. The monoisotopic (exact) mass is 695 g/mol. The van der Waals surface area contributed by atoms with Gasteiger partial charge in [-0.1, -0.05) is 53.6 Å². The van der Waals surface area contributed by atoms with Gasteiger partial charge in [-0.05, 0) is 74.7 Å². The van der Waals surface area contributed by atoms with Gasteiger partial charge in [-0.15, -0.1) is 0 Å². The number of hydrogen-bond donors (Lipinski definition) is 3. The lowest BCUT2D eigenvalue weighted by molar-refractivity contribution is -0.137. The smallest absolute Gasteiger partial charge is 0.266 e. The van der Waals surface area contributed by atoms with E-state index in [0.29, 0.717) is 35.5 Å². The molecule has 1 aliphatic heterocycles. The molecule has 0 spiro atoms. The molecule has 0 aliphatic carbocycles. The molecule has 254 valence electrons. The maximum Gasteiger partial charge on any atom is 0.266 e. The molecular weight excluding hydrogens is 658 g/mol. The molecule has 0 radical (unpaired) electrons. The average Bonchev–Trinajstić information content (AvgIpc) is 3.72. The molecule has 0 bridgehead atoms. The van der Waals surface area contributed by atoms with E-state index in [4.69, 9.17) is 26.5 Å². The molecule has 1 aliphatic rings. The number of benzene rings is 3. The Kier molecular flexibility index (Phi) is 11.6. The fourth-order valence-electron chi connectivity index (χ4n) is 5.45. The van der Waals surface area contributed by atoms with Crippen molar-refractivity contribution in [3.05, 3.63) is 94.8 Å². The maximum atomic E-state index is 13.9. The molecule has 1 saturated heterocycles. The van der Waals surface area contributed by atoms with Crippen LogP contribution in [0, 0.1) is 6.92 Å². The number of para-hydroxylation sites is 2. The van der Waals surface area contributed by atoms with E-state index in [1.54, 1.807) is 48.5 Å². The van der Waals surface area contributed by atoms with Crippen molar-refractivity contribution in [2.45, 2.75) is 62.3 Å². The highest BCUT2D eigenvalue weighted by atomic mass is 35.5. The van der Waals surface area contributed by atoms with Crippen LogP contribution in [0.15, 0.2) is 82.1 Å². The summed E-state index contributed by atoms with van der Waals surface area (Å²) in [6.07, 6.45) is 1.03. The number of amides is 2. The number of nitrogens with one attached hydrogen (secondary N) is 2. The summed E-state index contributed by atoms with van der Waals surface area (Å²) in [5.74, 6) is -1.84. The van der Waals surface area contributed by atoms with E-state index in [2.05, 4.69) is 15.0 Å². The molecule has 3 aromatic carbocycles. The molecule has 5 rings (SSSR count). The van der Waals surface area contributed by atoms with Gasteiger partial charge in [-0.3, -0.25) is 14.4 Å². The molecule has 3 atom stereocenters. The zero-order valence-electron chi connectivity index (χ0n) is 26.4. The molecule has 0 saturated carbocycles. The van der Waals surface area contributed by atoms with Crippen molar-refractivity contribution in [1.29, 1.82) is 0 Å². The quantitative estimate of drug-likeness (QED) is 0.124. The van der Waals surface area contributed by atoms with Crippen LogP contribution in [0.4, 0.5) is 0 Å². The minimum atomic E-state index is -4.00. The van der Waals surface area contributed by atoms with E-state index >= 15 is 0 Å². The number of fused-ring (bicyclic) bond motifs is 1. The summed E-state index contributed by atoms with van der Waals surface area (Å²) < 4.78 is 40.0. The lowest BCUT2D eigenvalue weighted by Gasteiger charge is -2.26. The van der Waals surface area contributed by atoms with Crippen molar-refractivity contribution in [2.75, 3.05) is 19.6 Å². The number of carbonyl (C=O) groups excluding carboxylic acids is 3. The summed E-state index contributed by atoms with van der Waals surface area (Å²) in [6.45, 7) is 1.91. The van der Waals surface area contributed by atoms with E-state index in [1.807, 2.05) is 19.1 Å². The predicted molar refractivity (Wildman–Crippen MR) is 180 cm³/mol. The van der Waals surface area contributed by atoms with Crippen molar-refractivity contribution >= 4 is 50.3 Å². The molecule has 1 fully saturated rings. The molecule has 1 aromatic heterocycles. The van der Waals surface area contributed by atoms with Crippen LogP contribution in [-0.2, 0) is 31.0 Å². The lowest BCUT2D eigenvalue weighted by atomic mass is 10.0. The number of halogens is 1. The number of sulfonamides is 1. The van der Waals surface area contributed by atoms with Crippen LogP contribution in [-0.4, -0.2) is 73.7 Å². The van der Waals surface area contributed by atoms with Gasteiger partial charge in [0, 0.05) is 18.0 Å². The Morgan fingerprint density at radius 1 is 1.06 bits per heavy atom. The van der Waals surface area contributed by atoms with Crippen LogP contribution in [0.3, 0.4) is 0 Å². The number of nitrogens with two attached hydrogens (primary N) is 1. The number of aryl methyl sites for hydroxylation is 1. The number of ether oxygens (including phenoxy) is 1. The van der Waals surface area contributed by atoms with E-state index in [9.17, 15) is 22.8 Å². The summed E-state index contributed by atoms with van der Waals surface area (Å²) in [5, 5.41) is 3.40. The number of ketones is 1.